The Morgan fingerprint density at radius 3 is 2.26 bits per heavy atom. The van der Waals surface area contributed by atoms with Crippen LogP contribution < -0.4 is 10.2 Å². The third-order valence-electron chi connectivity index (χ3n) is 5.98. The third kappa shape index (κ3) is 5.28. The third-order valence-corrected chi connectivity index (χ3v) is 8.95. The standard InChI is InChI=1S/C20H31N5O4S2/c1-17-16-18(22-10-14-30-15-11-22)2-3-19(17)21-20(26)23-4-6-24(7-5-23)31(27,28)25-8-12-29-13-9-25/h2-3,16H,4-15H2,1H3,(H,21,26). The molecule has 11 heteroatoms. The molecule has 0 radical (unpaired) electrons. The van der Waals surface area contributed by atoms with Gasteiger partial charge in [-0.1, -0.05) is 0 Å². The van der Waals surface area contributed by atoms with Crippen LogP contribution in [0.3, 0.4) is 0 Å². The summed E-state index contributed by atoms with van der Waals surface area (Å²) in [7, 11) is -3.49. The molecule has 3 aliphatic heterocycles. The van der Waals surface area contributed by atoms with E-state index >= 15 is 0 Å². The fourth-order valence-electron chi connectivity index (χ4n) is 4.06. The molecule has 0 spiro atoms. The van der Waals surface area contributed by atoms with E-state index in [1.165, 1.54) is 14.3 Å². The van der Waals surface area contributed by atoms with E-state index in [2.05, 4.69) is 22.3 Å². The van der Waals surface area contributed by atoms with Gasteiger partial charge < -0.3 is 19.9 Å². The number of hydrogen-bond donors (Lipinski definition) is 1. The molecule has 172 valence electrons. The molecule has 1 aromatic carbocycles. The zero-order chi connectivity index (χ0) is 21.8. The molecule has 0 aromatic heterocycles. The van der Waals surface area contributed by atoms with E-state index < -0.39 is 10.2 Å². The number of benzene rings is 1. The maximum atomic E-state index is 12.8. The molecular weight excluding hydrogens is 438 g/mol. The summed E-state index contributed by atoms with van der Waals surface area (Å²) in [4.78, 5) is 16.8. The highest BCUT2D eigenvalue weighted by molar-refractivity contribution is 7.99. The normalized spacial score (nSPS) is 21.8. The second kappa shape index (κ2) is 9.95. The molecule has 9 nitrogen and oxygen atoms in total. The topological polar surface area (TPSA) is 85.4 Å². The van der Waals surface area contributed by atoms with E-state index in [1.54, 1.807) is 4.90 Å². The van der Waals surface area contributed by atoms with Crippen LogP contribution in [0.15, 0.2) is 18.2 Å². The van der Waals surface area contributed by atoms with Gasteiger partial charge in [0.1, 0.15) is 0 Å². The molecule has 0 aliphatic carbocycles. The Morgan fingerprint density at radius 2 is 1.61 bits per heavy atom. The molecular formula is C20H31N5O4S2. The molecule has 31 heavy (non-hydrogen) atoms. The summed E-state index contributed by atoms with van der Waals surface area (Å²) < 4.78 is 33.8. The number of piperazine rings is 1. The predicted molar refractivity (Wildman–Crippen MR) is 124 cm³/mol. The largest absolute Gasteiger partial charge is 0.379 e. The molecule has 3 saturated heterocycles. The lowest BCUT2D eigenvalue weighted by molar-refractivity contribution is 0.0691. The molecule has 0 atom stereocenters. The first-order valence-corrected chi connectivity index (χ1v) is 13.3. The van der Waals surface area contributed by atoms with Crippen LogP contribution in [0, 0.1) is 6.92 Å². The van der Waals surface area contributed by atoms with Gasteiger partial charge in [-0.15, -0.1) is 0 Å². The Labute approximate surface area is 188 Å². The number of morpholine rings is 1. The highest BCUT2D eigenvalue weighted by atomic mass is 32.2. The number of aryl methyl sites for hydroxylation is 1. The fourth-order valence-corrected chi connectivity index (χ4v) is 6.53. The van der Waals surface area contributed by atoms with Crippen molar-refractivity contribution >= 4 is 39.4 Å². The van der Waals surface area contributed by atoms with Crippen molar-refractivity contribution in [1.82, 2.24) is 13.5 Å². The number of ether oxygens (including phenoxy) is 1. The van der Waals surface area contributed by atoms with Gasteiger partial charge in [-0.25, -0.2) is 4.79 Å². The summed E-state index contributed by atoms with van der Waals surface area (Å²) in [5.74, 6) is 2.29. The summed E-state index contributed by atoms with van der Waals surface area (Å²) in [6, 6.07) is 5.96. The minimum atomic E-state index is -3.49. The van der Waals surface area contributed by atoms with Crippen LogP contribution in [-0.4, -0.2) is 105 Å². The number of anilines is 2. The van der Waals surface area contributed by atoms with Crippen molar-refractivity contribution in [2.75, 3.05) is 87.3 Å². The molecule has 4 rings (SSSR count). The van der Waals surface area contributed by atoms with Crippen LogP contribution in [0.4, 0.5) is 16.2 Å². The van der Waals surface area contributed by atoms with E-state index in [-0.39, 0.29) is 6.03 Å². The van der Waals surface area contributed by atoms with Crippen molar-refractivity contribution < 1.29 is 17.9 Å². The first-order valence-electron chi connectivity index (χ1n) is 10.8. The van der Waals surface area contributed by atoms with Gasteiger partial charge in [0, 0.05) is 75.2 Å². The van der Waals surface area contributed by atoms with E-state index in [9.17, 15) is 13.2 Å². The Morgan fingerprint density at radius 1 is 0.968 bits per heavy atom. The Bertz CT molecular complexity index is 878. The Kier molecular flexibility index (Phi) is 7.27. The number of nitrogens with one attached hydrogen (secondary N) is 1. The first kappa shape index (κ1) is 22.7. The van der Waals surface area contributed by atoms with Crippen molar-refractivity contribution in [3.05, 3.63) is 23.8 Å². The summed E-state index contributed by atoms with van der Waals surface area (Å²) in [5, 5.41) is 3.00. The summed E-state index contributed by atoms with van der Waals surface area (Å²) in [6.07, 6.45) is 0. The summed E-state index contributed by atoms with van der Waals surface area (Å²) in [6.45, 7) is 7.08. The monoisotopic (exact) mass is 469 g/mol. The first-order chi connectivity index (χ1) is 14.9. The number of rotatable bonds is 4. The number of thioether (sulfide) groups is 1. The van der Waals surface area contributed by atoms with E-state index in [0.717, 1.165) is 35.8 Å². The zero-order valence-corrected chi connectivity index (χ0v) is 19.6. The smallest absolute Gasteiger partial charge is 0.321 e. The second-order valence-corrected chi connectivity index (χ2v) is 11.1. The van der Waals surface area contributed by atoms with E-state index in [0.29, 0.717) is 52.5 Å². The van der Waals surface area contributed by atoms with Crippen LogP contribution in [0.2, 0.25) is 0 Å². The van der Waals surface area contributed by atoms with Crippen LogP contribution in [-0.2, 0) is 14.9 Å². The molecule has 1 N–H and O–H groups in total. The predicted octanol–water partition coefficient (Wildman–Crippen LogP) is 1.27. The minimum Gasteiger partial charge on any atom is -0.379 e. The van der Waals surface area contributed by atoms with Gasteiger partial charge in [0.15, 0.2) is 0 Å². The second-order valence-electron chi connectivity index (χ2n) is 7.93. The van der Waals surface area contributed by atoms with Gasteiger partial charge in [-0.05, 0) is 30.7 Å². The molecule has 3 heterocycles. The molecule has 0 bridgehead atoms. The zero-order valence-electron chi connectivity index (χ0n) is 18.0. The van der Waals surface area contributed by atoms with Gasteiger partial charge in [0.25, 0.3) is 10.2 Å². The van der Waals surface area contributed by atoms with Crippen molar-refractivity contribution in [3.8, 4) is 0 Å². The van der Waals surface area contributed by atoms with Gasteiger partial charge in [0.2, 0.25) is 0 Å². The van der Waals surface area contributed by atoms with Gasteiger partial charge in [0.05, 0.1) is 13.2 Å². The maximum absolute atomic E-state index is 12.8. The van der Waals surface area contributed by atoms with Crippen molar-refractivity contribution in [1.29, 1.82) is 0 Å². The molecule has 0 unspecified atom stereocenters. The van der Waals surface area contributed by atoms with Crippen molar-refractivity contribution in [2.45, 2.75) is 6.92 Å². The molecule has 1 aromatic rings. The number of nitrogens with zero attached hydrogens (tertiary/aromatic N) is 4. The number of hydrogen-bond acceptors (Lipinski definition) is 6. The molecule has 3 fully saturated rings. The number of amides is 2. The SMILES string of the molecule is Cc1cc(N2CCSCC2)ccc1NC(=O)N1CCN(S(=O)(=O)N2CCOCC2)CC1. The highest BCUT2D eigenvalue weighted by Crippen LogP contribution is 2.25. The lowest BCUT2D eigenvalue weighted by Crippen LogP contribution is -2.56. The lowest BCUT2D eigenvalue weighted by atomic mass is 10.1. The van der Waals surface area contributed by atoms with Gasteiger partial charge in [-0.3, -0.25) is 0 Å². The molecule has 2 amide bonds. The Hall–Kier alpha value is -1.53. The van der Waals surface area contributed by atoms with E-state index in [4.69, 9.17) is 4.74 Å². The van der Waals surface area contributed by atoms with Crippen LogP contribution in [0.25, 0.3) is 0 Å². The van der Waals surface area contributed by atoms with Crippen molar-refractivity contribution in [3.63, 3.8) is 0 Å². The summed E-state index contributed by atoms with van der Waals surface area (Å²) in [5.41, 5.74) is 3.01. The van der Waals surface area contributed by atoms with Crippen molar-refractivity contribution in [2.24, 2.45) is 0 Å². The van der Waals surface area contributed by atoms with Gasteiger partial charge >= 0.3 is 6.03 Å². The van der Waals surface area contributed by atoms with Gasteiger partial charge in [-0.2, -0.15) is 28.8 Å². The van der Waals surface area contributed by atoms with Crippen LogP contribution >= 0.6 is 11.8 Å². The van der Waals surface area contributed by atoms with E-state index in [1.807, 2.05) is 24.8 Å². The number of urea groups is 1. The summed E-state index contributed by atoms with van der Waals surface area (Å²) >= 11 is 1.98. The van der Waals surface area contributed by atoms with Crippen LogP contribution in [0.1, 0.15) is 5.56 Å². The van der Waals surface area contributed by atoms with Crippen LogP contribution in [0.5, 0.6) is 0 Å². The Balaban J connectivity index is 1.32. The fraction of sp³-hybridized carbons (Fsp3) is 0.650. The number of carbonyl (C=O) groups excluding carboxylic acids is 1. The molecule has 3 aliphatic rings. The number of carbonyl (C=O) groups is 1. The minimum absolute atomic E-state index is 0.186. The highest BCUT2D eigenvalue weighted by Gasteiger charge is 2.34. The average Bonchev–Trinajstić information content (AvgIpc) is 2.81. The average molecular weight is 470 g/mol. The maximum Gasteiger partial charge on any atom is 0.321 e. The quantitative estimate of drug-likeness (QED) is 0.715. The molecule has 0 saturated carbocycles. The lowest BCUT2D eigenvalue weighted by Gasteiger charge is -2.37.